The van der Waals surface area contributed by atoms with Crippen molar-refractivity contribution < 1.29 is 27.5 Å². The molecule has 0 unspecified atom stereocenters. The fourth-order valence-electron chi connectivity index (χ4n) is 3.32. The Morgan fingerprint density at radius 1 is 1.05 bits per heavy atom. The van der Waals surface area contributed by atoms with Crippen molar-refractivity contribution >= 4 is 45.0 Å². The Kier molecular flexibility index (Phi) is 9.08. The molecule has 0 aliphatic carbocycles. The van der Waals surface area contributed by atoms with E-state index < -0.39 is 16.1 Å². The molecule has 200 valence electrons. The summed E-state index contributed by atoms with van der Waals surface area (Å²) in [7, 11) is -3.45. The monoisotopic (exact) mass is 538 g/mol. The average molecular weight is 539 g/mol. The molecule has 38 heavy (non-hydrogen) atoms. The minimum atomic E-state index is -3.45. The summed E-state index contributed by atoms with van der Waals surface area (Å²) in [5.41, 5.74) is 3.51. The number of aromatic nitrogens is 2. The number of hydrogen-bond acceptors (Lipinski definition) is 7. The maximum absolute atomic E-state index is 12.2. The largest absolute Gasteiger partial charge is 0.462 e. The van der Waals surface area contributed by atoms with Crippen molar-refractivity contribution in [1.82, 2.24) is 9.97 Å². The number of ether oxygens (including phenoxy) is 2. The summed E-state index contributed by atoms with van der Waals surface area (Å²) >= 11 is 0. The molecule has 1 amide bonds. The number of amides is 1. The molecule has 0 aliphatic rings. The molecule has 0 radical (unpaired) electrons. The summed E-state index contributed by atoms with van der Waals surface area (Å²) in [4.78, 5) is 29.2. The van der Waals surface area contributed by atoms with Crippen molar-refractivity contribution in [2.75, 3.05) is 16.3 Å². The molecule has 2 aromatic carbocycles. The average Bonchev–Trinajstić information content (AvgIpc) is 3.25. The zero-order valence-corrected chi connectivity index (χ0v) is 22.3. The van der Waals surface area contributed by atoms with Crippen molar-refractivity contribution in [3.05, 3.63) is 78.6 Å². The van der Waals surface area contributed by atoms with Crippen molar-refractivity contribution in [1.29, 1.82) is 0 Å². The maximum Gasteiger partial charge on any atom is 0.412 e. The molecular formula is C27H30N4O6S. The van der Waals surface area contributed by atoms with E-state index in [2.05, 4.69) is 24.7 Å². The van der Waals surface area contributed by atoms with Crippen LogP contribution in [-0.2, 0) is 30.9 Å². The lowest BCUT2D eigenvalue weighted by Crippen LogP contribution is -2.17. The summed E-state index contributed by atoms with van der Waals surface area (Å²) < 4.78 is 35.8. The van der Waals surface area contributed by atoms with E-state index in [-0.39, 0.29) is 12.2 Å². The second-order valence-corrected chi connectivity index (χ2v) is 11.0. The predicted octanol–water partition coefficient (Wildman–Crippen LogP) is 5.31. The molecule has 0 bridgehead atoms. The SMILES string of the molecule is CC(C)(C)OC=O.CS(=O)(=O)Nc1ccccc1-c1c[nH]c2ncc(NC(=O)OCc3ccccc3)cc12. The van der Waals surface area contributed by atoms with E-state index >= 15 is 0 Å². The Morgan fingerprint density at radius 3 is 2.37 bits per heavy atom. The number of para-hydroxylation sites is 1. The number of fused-ring (bicyclic) bond motifs is 1. The van der Waals surface area contributed by atoms with Crippen LogP contribution >= 0.6 is 0 Å². The Balaban J connectivity index is 0.000000505. The van der Waals surface area contributed by atoms with E-state index in [1.165, 1.54) is 6.20 Å². The second kappa shape index (κ2) is 12.2. The number of benzene rings is 2. The van der Waals surface area contributed by atoms with Crippen LogP contribution in [0.1, 0.15) is 26.3 Å². The Hall–Kier alpha value is -4.38. The van der Waals surface area contributed by atoms with Gasteiger partial charge in [-0.3, -0.25) is 14.8 Å². The molecule has 0 saturated heterocycles. The fourth-order valence-corrected chi connectivity index (χ4v) is 3.90. The molecule has 0 saturated carbocycles. The number of pyridine rings is 1. The van der Waals surface area contributed by atoms with Gasteiger partial charge in [0, 0.05) is 22.7 Å². The first-order chi connectivity index (χ1) is 17.9. The van der Waals surface area contributed by atoms with E-state index in [1.54, 1.807) is 24.4 Å². The number of nitrogens with zero attached hydrogens (tertiary/aromatic N) is 1. The number of hydrogen-bond donors (Lipinski definition) is 3. The van der Waals surface area contributed by atoms with Crippen LogP contribution in [0.2, 0.25) is 0 Å². The van der Waals surface area contributed by atoms with Gasteiger partial charge in [-0.25, -0.2) is 18.2 Å². The highest BCUT2D eigenvalue weighted by atomic mass is 32.2. The van der Waals surface area contributed by atoms with Crippen molar-refractivity contribution in [2.24, 2.45) is 0 Å². The first-order valence-electron chi connectivity index (χ1n) is 11.6. The van der Waals surface area contributed by atoms with Gasteiger partial charge >= 0.3 is 6.09 Å². The van der Waals surface area contributed by atoms with Gasteiger partial charge in [0.2, 0.25) is 10.0 Å². The van der Waals surface area contributed by atoms with Crippen LogP contribution in [-0.4, -0.2) is 42.8 Å². The molecule has 11 heteroatoms. The van der Waals surface area contributed by atoms with E-state index in [0.29, 0.717) is 29.1 Å². The summed E-state index contributed by atoms with van der Waals surface area (Å²) in [6, 6.07) is 18.2. The van der Waals surface area contributed by atoms with Crippen molar-refractivity contribution in [3.63, 3.8) is 0 Å². The number of H-pyrrole nitrogens is 1. The van der Waals surface area contributed by atoms with Gasteiger partial charge in [0.05, 0.1) is 23.8 Å². The van der Waals surface area contributed by atoms with Crippen LogP contribution in [0.25, 0.3) is 22.2 Å². The number of nitrogens with one attached hydrogen (secondary N) is 3. The fraction of sp³-hybridized carbons (Fsp3) is 0.222. The minimum Gasteiger partial charge on any atom is -0.462 e. The molecule has 4 aromatic rings. The lowest BCUT2D eigenvalue weighted by atomic mass is 10.0. The highest BCUT2D eigenvalue weighted by Crippen LogP contribution is 2.34. The number of rotatable bonds is 7. The first kappa shape index (κ1) is 28.2. The predicted molar refractivity (Wildman–Crippen MR) is 147 cm³/mol. The second-order valence-electron chi connectivity index (χ2n) is 9.26. The number of sulfonamides is 1. The van der Waals surface area contributed by atoms with Gasteiger partial charge in [0.15, 0.2) is 0 Å². The smallest absolute Gasteiger partial charge is 0.412 e. The normalized spacial score (nSPS) is 11.2. The third kappa shape index (κ3) is 8.63. The van der Waals surface area contributed by atoms with E-state index in [9.17, 15) is 18.0 Å². The van der Waals surface area contributed by atoms with Crippen molar-refractivity contribution in [3.8, 4) is 11.1 Å². The Bertz CT molecular complexity index is 1500. The molecule has 0 fully saturated rings. The van der Waals surface area contributed by atoms with E-state index in [1.807, 2.05) is 63.2 Å². The Morgan fingerprint density at radius 2 is 1.74 bits per heavy atom. The summed E-state index contributed by atoms with van der Waals surface area (Å²) in [5.74, 6) is 0. The molecule has 4 rings (SSSR count). The molecule has 2 heterocycles. The van der Waals surface area contributed by atoms with Crippen LogP contribution < -0.4 is 10.0 Å². The van der Waals surface area contributed by atoms with E-state index in [4.69, 9.17) is 4.74 Å². The highest BCUT2D eigenvalue weighted by Gasteiger charge is 2.14. The zero-order valence-electron chi connectivity index (χ0n) is 21.5. The van der Waals surface area contributed by atoms with Crippen LogP contribution in [0.4, 0.5) is 16.2 Å². The zero-order chi connectivity index (χ0) is 27.8. The summed E-state index contributed by atoms with van der Waals surface area (Å²) in [6.07, 6.45) is 3.77. The molecule has 3 N–H and O–H groups in total. The molecular weight excluding hydrogens is 508 g/mol. The van der Waals surface area contributed by atoms with Gasteiger partial charge in [-0.15, -0.1) is 0 Å². The molecule has 0 spiro atoms. The van der Waals surface area contributed by atoms with Crippen molar-refractivity contribution in [2.45, 2.75) is 33.0 Å². The van der Waals surface area contributed by atoms with Crippen LogP contribution in [0, 0.1) is 0 Å². The molecule has 0 aliphatic heterocycles. The van der Waals surface area contributed by atoms with Gasteiger partial charge in [-0.05, 0) is 38.5 Å². The highest BCUT2D eigenvalue weighted by molar-refractivity contribution is 7.92. The summed E-state index contributed by atoms with van der Waals surface area (Å²) in [5, 5.41) is 3.40. The molecule has 0 atom stereocenters. The van der Waals surface area contributed by atoms with Gasteiger partial charge in [-0.2, -0.15) is 0 Å². The van der Waals surface area contributed by atoms with Gasteiger partial charge < -0.3 is 14.5 Å². The maximum atomic E-state index is 12.2. The number of aromatic amines is 1. The number of carbonyl (C=O) groups excluding carboxylic acids is 2. The number of carbonyl (C=O) groups is 2. The lowest BCUT2D eigenvalue weighted by Gasteiger charge is -2.14. The van der Waals surface area contributed by atoms with Gasteiger partial charge in [0.1, 0.15) is 17.9 Å². The minimum absolute atomic E-state index is 0.155. The molecule has 10 nitrogen and oxygen atoms in total. The third-order valence-electron chi connectivity index (χ3n) is 4.90. The first-order valence-corrected chi connectivity index (χ1v) is 13.5. The quantitative estimate of drug-likeness (QED) is 0.271. The van der Waals surface area contributed by atoms with Gasteiger partial charge in [-0.1, -0.05) is 48.5 Å². The number of anilines is 2. The summed E-state index contributed by atoms with van der Waals surface area (Å²) in [6.45, 7) is 6.08. The van der Waals surface area contributed by atoms with E-state index in [0.717, 1.165) is 22.8 Å². The van der Waals surface area contributed by atoms with Crippen LogP contribution in [0.15, 0.2) is 73.1 Å². The van der Waals surface area contributed by atoms with Crippen LogP contribution in [0.3, 0.4) is 0 Å². The topological polar surface area (TPSA) is 139 Å². The Labute approximate surface area is 221 Å². The van der Waals surface area contributed by atoms with Gasteiger partial charge in [0.25, 0.3) is 6.47 Å². The standard InChI is InChI=1S/C22H20N4O4S.C5H10O2/c1-31(28,29)26-20-10-6-5-9-17(20)19-13-24-21-18(19)11-16(12-23-21)25-22(27)30-14-15-7-3-2-4-8-15;1-5(2,3)7-4-6/h2-13,26H,14H2,1H3,(H,23,24)(H,25,27);4H,1-3H3. The molecule has 2 aromatic heterocycles. The third-order valence-corrected chi connectivity index (χ3v) is 5.50. The van der Waals surface area contributed by atoms with Crippen LogP contribution in [0.5, 0.6) is 0 Å². The lowest BCUT2D eigenvalue weighted by molar-refractivity contribution is -0.138.